The summed E-state index contributed by atoms with van der Waals surface area (Å²) in [6.45, 7) is 5.00. The molecule has 1 heterocycles. The molecule has 1 rings (SSSR count). The number of nitrogens with one attached hydrogen (secondary N) is 1. The van der Waals surface area contributed by atoms with E-state index in [1.165, 1.54) is 0 Å². The number of aliphatic carboxylic acids is 1. The van der Waals surface area contributed by atoms with Crippen LogP contribution in [0.5, 0.6) is 0 Å². The van der Waals surface area contributed by atoms with Crippen LogP contribution in [0.15, 0.2) is 12.2 Å². The lowest BCUT2D eigenvalue weighted by Crippen LogP contribution is -2.47. The molecule has 1 aliphatic rings. The van der Waals surface area contributed by atoms with E-state index in [1.807, 2.05) is 13.8 Å². The highest BCUT2D eigenvalue weighted by Gasteiger charge is 2.24. The van der Waals surface area contributed by atoms with E-state index >= 15 is 0 Å². The summed E-state index contributed by atoms with van der Waals surface area (Å²) in [6, 6.07) is 0.00200. The number of hydrogen-bond acceptors (Lipinski definition) is 3. The highest BCUT2D eigenvalue weighted by molar-refractivity contribution is 5.94. The van der Waals surface area contributed by atoms with Gasteiger partial charge in [0.1, 0.15) is 0 Å². The van der Waals surface area contributed by atoms with Crippen LogP contribution >= 0.6 is 0 Å². The van der Waals surface area contributed by atoms with Gasteiger partial charge in [-0.15, -0.1) is 0 Å². The van der Waals surface area contributed by atoms with E-state index in [9.17, 15) is 14.4 Å². The number of nitrogens with zero attached hydrogens (tertiary/aromatic N) is 1. The standard InChI is InChI=1S/C13H20N2O4/c1-9(2)13(19)15-7-5-10(6-8-15)14-11(16)3-4-12(17)18/h3-4,9-10H,5-8H2,1-2H3,(H,14,16)(H,17,18)/b4-3+. The Labute approximate surface area is 112 Å². The molecule has 0 spiro atoms. The summed E-state index contributed by atoms with van der Waals surface area (Å²) in [7, 11) is 0. The molecule has 0 aliphatic carbocycles. The lowest BCUT2D eigenvalue weighted by atomic mass is 10.0. The summed E-state index contributed by atoms with van der Waals surface area (Å²) >= 11 is 0. The van der Waals surface area contributed by atoms with Gasteiger partial charge in [-0.25, -0.2) is 4.79 Å². The third-order valence-electron chi connectivity index (χ3n) is 3.02. The monoisotopic (exact) mass is 268 g/mol. The number of carboxylic acid groups (broad SMARTS) is 1. The number of likely N-dealkylation sites (tertiary alicyclic amines) is 1. The van der Waals surface area contributed by atoms with Crippen LogP contribution in [0, 0.1) is 5.92 Å². The van der Waals surface area contributed by atoms with Crippen molar-refractivity contribution in [1.82, 2.24) is 10.2 Å². The van der Waals surface area contributed by atoms with Gasteiger partial charge in [-0.1, -0.05) is 13.8 Å². The lowest BCUT2D eigenvalue weighted by Gasteiger charge is -2.33. The van der Waals surface area contributed by atoms with Crippen LogP contribution in [0.4, 0.5) is 0 Å². The van der Waals surface area contributed by atoms with Crippen molar-refractivity contribution in [2.45, 2.75) is 32.7 Å². The molecule has 0 aromatic heterocycles. The number of hydrogen-bond donors (Lipinski definition) is 2. The molecule has 0 aromatic rings. The van der Waals surface area contributed by atoms with Crippen molar-refractivity contribution in [3.05, 3.63) is 12.2 Å². The summed E-state index contributed by atoms with van der Waals surface area (Å²) in [5.74, 6) is -1.43. The van der Waals surface area contributed by atoms with Crippen LogP contribution in [0.2, 0.25) is 0 Å². The zero-order valence-electron chi connectivity index (χ0n) is 11.3. The number of carboxylic acids is 1. The Balaban J connectivity index is 2.36. The van der Waals surface area contributed by atoms with Crippen molar-refractivity contribution in [3.8, 4) is 0 Å². The number of amides is 2. The molecule has 106 valence electrons. The topological polar surface area (TPSA) is 86.7 Å². The Morgan fingerprint density at radius 1 is 1.21 bits per heavy atom. The van der Waals surface area contributed by atoms with Gasteiger partial charge in [-0.05, 0) is 12.8 Å². The molecule has 0 bridgehead atoms. The van der Waals surface area contributed by atoms with Gasteiger partial charge in [-0.3, -0.25) is 9.59 Å². The van der Waals surface area contributed by atoms with Crippen molar-refractivity contribution < 1.29 is 19.5 Å². The summed E-state index contributed by atoms with van der Waals surface area (Å²) in [5.41, 5.74) is 0. The van der Waals surface area contributed by atoms with E-state index in [0.29, 0.717) is 25.9 Å². The minimum absolute atomic E-state index is 0.00200. The van der Waals surface area contributed by atoms with Crippen LogP contribution in [0.3, 0.4) is 0 Å². The first-order valence-electron chi connectivity index (χ1n) is 6.40. The van der Waals surface area contributed by atoms with E-state index < -0.39 is 11.9 Å². The maximum atomic E-state index is 11.8. The minimum Gasteiger partial charge on any atom is -0.478 e. The zero-order valence-corrected chi connectivity index (χ0v) is 11.3. The molecule has 0 saturated carbocycles. The Kier molecular flexibility index (Phi) is 5.54. The van der Waals surface area contributed by atoms with Crippen molar-refractivity contribution in [3.63, 3.8) is 0 Å². The Morgan fingerprint density at radius 3 is 2.26 bits per heavy atom. The normalized spacial score (nSPS) is 16.9. The van der Waals surface area contributed by atoms with E-state index in [2.05, 4.69) is 5.32 Å². The molecule has 1 aliphatic heterocycles. The quantitative estimate of drug-likeness (QED) is 0.722. The first-order valence-corrected chi connectivity index (χ1v) is 6.40. The first kappa shape index (κ1) is 15.2. The maximum absolute atomic E-state index is 11.8. The number of carbonyl (C=O) groups is 3. The smallest absolute Gasteiger partial charge is 0.328 e. The maximum Gasteiger partial charge on any atom is 0.328 e. The van der Waals surface area contributed by atoms with E-state index in [-0.39, 0.29) is 17.9 Å². The van der Waals surface area contributed by atoms with E-state index in [4.69, 9.17) is 5.11 Å². The van der Waals surface area contributed by atoms with Crippen LogP contribution in [0.25, 0.3) is 0 Å². The Morgan fingerprint density at radius 2 is 1.79 bits per heavy atom. The molecule has 0 aromatic carbocycles. The highest BCUT2D eigenvalue weighted by Crippen LogP contribution is 2.13. The highest BCUT2D eigenvalue weighted by atomic mass is 16.4. The SMILES string of the molecule is CC(C)C(=O)N1CCC(NC(=O)/C=C/C(=O)O)CC1. The van der Waals surface area contributed by atoms with Crippen molar-refractivity contribution in [2.75, 3.05) is 13.1 Å². The molecular weight excluding hydrogens is 248 g/mol. The molecule has 19 heavy (non-hydrogen) atoms. The molecule has 6 heteroatoms. The average molecular weight is 268 g/mol. The fourth-order valence-electron chi connectivity index (χ4n) is 2.01. The van der Waals surface area contributed by atoms with Crippen LogP contribution in [0.1, 0.15) is 26.7 Å². The fourth-order valence-corrected chi connectivity index (χ4v) is 2.01. The van der Waals surface area contributed by atoms with Crippen molar-refractivity contribution in [1.29, 1.82) is 0 Å². The Bertz CT molecular complexity index is 382. The summed E-state index contributed by atoms with van der Waals surface area (Å²) < 4.78 is 0. The van der Waals surface area contributed by atoms with Gasteiger partial charge in [0.25, 0.3) is 0 Å². The van der Waals surface area contributed by atoms with Gasteiger partial charge >= 0.3 is 5.97 Å². The molecule has 6 nitrogen and oxygen atoms in total. The van der Waals surface area contributed by atoms with Crippen LogP contribution in [-0.2, 0) is 14.4 Å². The number of carbonyl (C=O) groups excluding carboxylic acids is 2. The van der Waals surface area contributed by atoms with Gasteiger partial charge in [-0.2, -0.15) is 0 Å². The molecule has 1 saturated heterocycles. The number of rotatable bonds is 4. The second kappa shape index (κ2) is 6.92. The Hall–Kier alpha value is -1.85. The first-order chi connectivity index (χ1) is 8.90. The molecule has 2 amide bonds. The summed E-state index contributed by atoms with van der Waals surface area (Å²) in [5, 5.41) is 11.1. The summed E-state index contributed by atoms with van der Waals surface area (Å²) in [6.07, 6.45) is 3.22. The summed E-state index contributed by atoms with van der Waals surface area (Å²) in [4.78, 5) is 35.2. The van der Waals surface area contributed by atoms with E-state index in [0.717, 1.165) is 12.2 Å². The third-order valence-corrected chi connectivity index (χ3v) is 3.02. The van der Waals surface area contributed by atoms with Crippen LogP contribution in [-0.4, -0.2) is 46.9 Å². The van der Waals surface area contributed by atoms with Crippen molar-refractivity contribution >= 4 is 17.8 Å². The molecule has 0 radical (unpaired) electrons. The van der Waals surface area contributed by atoms with Gasteiger partial charge in [0, 0.05) is 37.2 Å². The second-order valence-electron chi connectivity index (χ2n) is 4.93. The third kappa shape index (κ3) is 5.11. The average Bonchev–Trinajstić information content (AvgIpc) is 2.36. The second-order valence-corrected chi connectivity index (χ2v) is 4.93. The predicted octanol–water partition coefficient (Wildman–Crippen LogP) is 0.390. The predicted molar refractivity (Wildman–Crippen MR) is 69.4 cm³/mol. The zero-order chi connectivity index (χ0) is 14.4. The van der Waals surface area contributed by atoms with Gasteiger partial charge < -0.3 is 15.3 Å². The van der Waals surface area contributed by atoms with Crippen LogP contribution < -0.4 is 5.32 Å². The minimum atomic E-state index is -1.15. The molecule has 0 unspecified atom stereocenters. The fraction of sp³-hybridized carbons (Fsp3) is 0.615. The van der Waals surface area contributed by atoms with Crippen molar-refractivity contribution in [2.24, 2.45) is 5.92 Å². The number of piperidine rings is 1. The molecule has 1 fully saturated rings. The largest absolute Gasteiger partial charge is 0.478 e. The van der Waals surface area contributed by atoms with Gasteiger partial charge in [0.2, 0.25) is 11.8 Å². The molecule has 0 atom stereocenters. The van der Waals surface area contributed by atoms with E-state index in [1.54, 1.807) is 4.90 Å². The molecular formula is C13H20N2O4. The molecule has 2 N–H and O–H groups in total. The van der Waals surface area contributed by atoms with Gasteiger partial charge in [0.05, 0.1) is 0 Å². The van der Waals surface area contributed by atoms with Gasteiger partial charge in [0.15, 0.2) is 0 Å². The lowest BCUT2D eigenvalue weighted by molar-refractivity contribution is -0.135.